The summed E-state index contributed by atoms with van der Waals surface area (Å²) in [7, 11) is 2.16. The molecule has 0 amide bonds. The largest absolute Gasteiger partial charge is 0.487 e. The number of hydrogen-bond donors (Lipinski definition) is 1. The van der Waals surface area contributed by atoms with Crippen LogP contribution in [0, 0.1) is 6.92 Å². The maximum Gasteiger partial charge on any atom is 0.125 e. The summed E-state index contributed by atoms with van der Waals surface area (Å²) in [6.07, 6.45) is 3.55. The minimum absolute atomic E-state index is 0.160. The van der Waals surface area contributed by atoms with Crippen molar-refractivity contribution < 1.29 is 9.84 Å². The SMILES string of the molecule is Cc1ccc2c(c1)[C@H](O)CC1(CCCN(C)CC1)O2. The van der Waals surface area contributed by atoms with Crippen LogP contribution in [-0.2, 0) is 0 Å². The number of fused-ring (bicyclic) bond motifs is 1. The van der Waals surface area contributed by atoms with Crippen molar-refractivity contribution in [2.75, 3.05) is 20.1 Å². The van der Waals surface area contributed by atoms with Gasteiger partial charge < -0.3 is 14.7 Å². The summed E-state index contributed by atoms with van der Waals surface area (Å²) in [5.74, 6) is 0.883. The third kappa shape index (κ3) is 2.49. The standard InChI is InChI=1S/C16H23NO2/c1-12-4-5-15-13(10-12)14(18)11-16(19-15)6-3-8-17(2)9-7-16/h4-5,10,14,18H,3,6-9,11H2,1-2H3/t14-,16?/m1/s1. The molecule has 19 heavy (non-hydrogen) atoms. The van der Waals surface area contributed by atoms with Crippen LogP contribution in [0.3, 0.4) is 0 Å². The van der Waals surface area contributed by atoms with Gasteiger partial charge in [-0.25, -0.2) is 0 Å². The zero-order chi connectivity index (χ0) is 13.5. The molecular weight excluding hydrogens is 238 g/mol. The summed E-state index contributed by atoms with van der Waals surface area (Å²) in [5, 5.41) is 10.5. The smallest absolute Gasteiger partial charge is 0.125 e. The van der Waals surface area contributed by atoms with Gasteiger partial charge in [0.2, 0.25) is 0 Å². The molecule has 1 aromatic rings. The molecule has 0 bridgehead atoms. The Balaban J connectivity index is 1.89. The fourth-order valence-electron chi connectivity index (χ4n) is 3.37. The van der Waals surface area contributed by atoms with Crippen molar-refractivity contribution in [3.63, 3.8) is 0 Å². The Bertz CT molecular complexity index is 474. The highest BCUT2D eigenvalue weighted by Crippen LogP contribution is 2.44. The average molecular weight is 261 g/mol. The lowest BCUT2D eigenvalue weighted by Gasteiger charge is -2.40. The molecule has 1 saturated heterocycles. The molecule has 0 aliphatic carbocycles. The van der Waals surface area contributed by atoms with Gasteiger partial charge in [-0.15, -0.1) is 0 Å². The first-order valence-corrected chi connectivity index (χ1v) is 7.24. The molecule has 2 aliphatic heterocycles. The minimum Gasteiger partial charge on any atom is -0.487 e. The number of nitrogens with zero attached hydrogens (tertiary/aromatic N) is 1. The van der Waals surface area contributed by atoms with E-state index in [1.165, 1.54) is 5.56 Å². The van der Waals surface area contributed by atoms with Crippen LogP contribution in [0.4, 0.5) is 0 Å². The fourth-order valence-corrected chi connectivity index (χ4v) is 3.37. The topological polar surface area (TPSA) is 32.7 Å². The first-order valence-electron chi connectivity index (χ1n) is 7.24. The molecule has 2 aliphatic rings. The molecule has 3 rings (SSSR count). The second-order valence-corrected chi connectivity index (χ2v) is 6.20. The number of hydrogen-bond acceptors (Lipinski definition) is 3. The van der Waals surface area contributed by atoms with E-state index in [0.29, 0.717) is 0 Å². The first-order chi connectivity index (χ1) is 9.08. The van der Waals surface area contributed by atoms with Crippen LogP contribution < -0.4 is 4.74 Å². The highest BCUT2D eigenvalue weighted by atomic mass is 16.5. The van der Waals surface area contributed by atoms with Crippen molar-refractivity contribution in [1.82, 2.24) is 4.90 Å². The predicted octanol–water partition coefficient (Wildman–Crippen LogP) is 2.67. The number of likely N-dealkylation sites (tertiary alicyclic amines) is 1. The Kier molecular flexibility index (Phi) is 3.27. The van der Waals surface area contributed by atoms with E-state index in [1.54, 1.807) is 0 Å². The Labute approximate surface area is 115 Å². The second-order valence-electron chi connectivity index (χ2n) is 6.20. The first kappa shape index (κ1) is 12.9. The second kappa shape index (κ2) is 4.80. The van der Waals surface area contributed by atoms with Crippen molar-refractivity contribution in [3.05, 3.63) is 29.3 Å². The molecule has 0 radical (unpaired) electrons. The molecule has 0 saturated carbocycles. The summed E-state index contributed by atoms with van der Waals surface area (Å²) in [4.78, 5) is 2.36. The lowest BCUT2D eigenvalue weighted by atomic mass is 9.83. The quantitative estimate of drug-likeness (QED) is 0.779. The van der Waals surface area contributed by atoms with Crippen molar-refractivity contribution >= 4 is 0 Å². The minimum atomic E-state index is -0.382. The van der Waals surface area contributed by atoms with Crippen molar-refractivity contribution in [2.45, 2.75) is 44.3 Å². The van der Waals surface area contributed by atoms with Crippen molar-refractivity contribution in [2.24, 2.45) is 0 Å². The number of rotatable bonds is 0. The molecule has 1 spiro atoms. The molecule has 2 heterocycles. The molecule has 2 atom stereocenters. The Hall–Kier alpha value is -1.06. The van der Waals surface area contributed by atoms with Crippen LogP contribution in [0.5, 0.6) is 5.75 Å². The highest BCUT2D eigenvalue weighted by Gasteiger charge is 2.41. The van der Waals surface area contributed by atoms with Crippen molar-refractivity contribution in [3.8, 4) is 5.75 Å². The van der Waals surface area contributed by atoms with Gasteiger partial charge in [-0.2, -0.15) is 0 Å². The molecule has 3 nitrogen and oxygen atoms in total. The summed E-state index contributed by atoms with van der Waals surface area (Å²) in [6.45, 7) is 4.23. The van der Waals surface area contributed by atoms with Crippen molar-refractivity contribution in [1.29, 1.82) is 0 Å². The van der Waals surface area contributed by atoms with E-state index >= 15 is 0 Å². The molecule has 3 heteroatoms. The molecule has 0 aromatic heterocycles. The number of ether oxygens (including phenoxy) is 1. The van der Waals surface area contributed by atoms with Crippen LogP contribution in [0.1, 0.15) is 42.9 Å². The maximum absolute atomic E-state index is 10.5. The fraction of sp³-hybridized carbons (Fsp3) is 0.625. The van der Waals surface area contributed by atoms with Gasteiger partial charge in [0.25, 0.3) is 0 Å². The summed E-state index contributed by atoms with van der Waals surface area (Å²) in [5.41, 5.74) is 1.98. The lowest BCUT2D eigenvalue weighted by Crippen LogP contribution is -2.41. The van der Waals surface area contributed by atoms with Crippen LogP contribution >= 0.6 is 0 Å². The van der Waals surface area contributed by atoms with Crippen LogP contribution in [0.25, 0.3) is 0 Å². The number of aliphatic hydroxyl groups excluding tert-OH is 1. The molecule has 104 valence electrons. The van der Waals surface area contributed by atoms with Gasteiger partial charge in [0, 0.05) is 18.5 Å². The number of aliphatic hydroxyl groups is 1. The summed E-state index contributed by atoms with van der Waals surface area (Å²) >= 11 is 0. The molecular formula is C16H23NO2. The zero-order valence-electron chi connectivity index (χ0n) is 11.9. The Morgan fingerprint density at radius 1 is 1.32 bits per heavy atom. The summed E-state index contributed by atoms with van der Waals surface area (Å²) < 4.78 is 6.33. The van der Waals surface area contributed by atoms with Gasteiger partial charge in [-0.1, -0.05) is 11.6 Å². The van der Waals surface area contributed by atoms with E-state index in [1.807, 2.05) is 6.07 Å². The van der Waals surface area contributed by atoms with Gasteiger partial charge in [0.05, 0.1) is 6.10 Å². The van der Waals surface area contributed by atoms with E-state index in [-0.39, 0.29) is 11.7 Å². The van der Waals surface area contributed by atoms with E-state index in [9.17, 15) is 5.11 Å². The molecule has 1 unspecified atom stereocenters. The lowest BCUT2D eigenvalue weighted by molar-refractivity contribution is -0.0236. The normalized spacial score (nSPS) is 31.6. The van der Waals surface area contributed by atoms with E-state index < -0.39 is 0 Å². The van der Waals surface area contributed by atoms with Crippen LogP contribution in [-0.4, -0.2) is 35.7 Å². The monoisotopic (exact) mass is 261 g/mol. The van der Waals surface area contributed by atoms with Gasteiger partial charge in [0.15, 0.2) is 0 Å². The average Bonchev–Trinajstić information content (AvgIpc) is 2.54. The van der Waals surface area contributed by atoms with E-state index in [2.05, 4.69) is 31.0 Å². The Morgan fingerprint density at radius 2 is 2.16 bits per heavy atom. The van der Waals surface area contributed by atoms with Gasteiger partial charge in [0.1, 0.15) is 11.4 Å². The third-order valence-electron chi connectivity index (χ3n) is 4.54. The number of benzene rings is 1. The Morgan fingerprint density at radius 3 is 3.00 bits per heavy atom. The third-order valence-corrected chi connectivity index (χ3v) is 4.54. The molecule has 1 fully saturated rings. The van der Waals surface area contributed by atoms with E-state index in [4.69, 9.17) is 4.74 Å². The summed E-state index contributed by atoms with van der Waals surface area (Å²) in [6, 6.07) is 6.13. The maximum atomic E-state index is 10.5. The predicted molar refractivity (Wildman–Crippen MR) is 75.5 cm³/mol. The molecule has 1 N–H and O–H groups in total. The van der Waals surface area contributed by atoms with Crippen LogP contribution in [0.2, 0.25) is 0 Å². The van der Waals surface area contributed by atoms with Gasteiger partial charge >= 0.3 is 0 Å². The van der Waals surface area contributed by atoms with Gasteiger partial charge in [-0.05, 0) is 51.9 Å². The van der Waals surface area contributed by atoms with Gasteiger partial charge in [-0.3, -0.25) is 0 Å². The zero-order valence-corrected chi connectivity index (χ0v) is 11.9. The number of aryl methyl sites for hydroxylation is 1. The van der Waals surface area contributed by atoms with E-state index in [0.717, 1.165) is 50.1 Å². The molecule has 1 aromatic carbocycles. The van der Waals surface area contributed by atoms with Crippen LogP contribution in [0.15, 0.2) is 18.2 Å². The highest BCUT2D eigenvalue weighted by molar-refractivity contribution is 5.40.